The summed E-state index contributed by atoms with van der Waals surface area (Å²) in [6, 6.07) is 0. The summed E-state index contributed by atoms with van der Waals surface area (Å²) in [4.78, 5) is 11.1. The Hall–Kier alpha value is -0.0600. The second-order valence-corrected chi connectivity index (χ2v) is 4.62. The molecular weight excluding hydrogens is 198 g/mol. The molecule has 0 spiro atoms. The molecule has 0 radical (unpaired) electrons. The Kier molecular flexibility index (Phi) is 8.23. The zero-order valence-corrected chi connectivity index (χ0v) is 9.85. The van der Waals surface area contributed by atoms with Crippen molar-refractivity contribution in [3.63, 3.8) is 0 Å². The highest BCUT2D eigenvalue weighted by molar-refractivity contribution is 7.99. The maximum atomic E-state index is 11.1. The van der Waals surface area contributed by atoms with Crippen molar-refractivity contribution in [2.45, 2.75) is 32.8 Å². The second kappa shape index (κ2) is 8.26. The van der Waals surface area contributed by atoms with Crippen molar-refractivity contribution < 1.29 is 9.90 Å². The van der Waals surface area contributed by atoms with Gasteiger partial charge in [0.1, 0.15) is 5.78 Å². The van der Waals surface area contributed by atoms with Crippen molar-refractivity contribution in [1.29, 1.82) is 0 Å². The Labute approximate surface area is 90.4 Å². The Balaban J connectivity index is 3.47. The topological polar surface area (TPSA) is 63.3 Å². The van der Waals surface area contributed by atoms with Crippen molar-refractivity contribution in [1.82, 2.24) is 0 Å². The molecule has 0 aliphatic heterocycles. The van der Waals surface area contributed by atoms with Crippen molar-refractivity contribution in [2.75, 3.05) is 18.1 Å². The minimum atomic E-state index is -0.405. The van der Waals surface area contributed by atoms with E-state index in [0.29, 0.717) is 12.3 Å². The second-order valence-electron chi connectivity index (χ2n) is 3.47. The molecule has 0 heterocycles. The van der Waals surface area contributed by atoms with Crippen LogP contribution in [0.4, 0.5) is 0 Å². The van der Waals surface area contributed by atoms with Crippen molar-refractivity contribution in [3.05, 3.63) is 0 Å². The Bertz CT molecular complexity index is 164. The predicted molar refractivity (Wildman–Crippen MR) is 61.5 cm³/mol. The van der Waals surface area contributed by atoms with Gasteiger partial charge in [-0.05, 0) is 25.5 Å². The van der Waals surface area contributed by atoms with E-state index >= 15 is 0 Å². The largest absolute Gasteiger partial charge is 0.391 e. The van der Waals surface area contributed by atoms with Gasteiger partial charge in [0.05, 0.1) is 6.10 Å². The van der Waals surface area contributed by atoms with Gasteiger partial charge in [0.2, 0.25) is 0 Å². The molecule has 1 unspecified atom stereocenters. The normalized spacial score (nSPS) is 15.1. The van der Waals surface area contributed by atoms with E-state index in [4.69, 9.17) is 5.73 Å². The fraction of sp³-hybridized carbons (Fsp3) is 0.900. The van der Waals surface area contributed by atoms with Gasteiger partial charge in [0.15, 0.2) is 0 Å². The number of nitrogens with two attached hydrogens (primary N) is 1. The number of aliphatic hydroxyl groups excluding tert-OH is 1. The smallest absolute Gasteiger partial charge is 0.132 e. The van der Waals surface area contributed by atoms with Gasteiger partial charge in [-0.15, -0.1) is 0 Å². The van der Waals surface area contributed by atoms with Gasteiger partial charge < -0.3 is 10.8 Å². The summed E-state index contributed by atoms with van der Waals surface area (Å²) in [7, 11) is 0. The third kappa shape index (κ3) is 6.40. The van der Waals surface area contributed by atoms with Crippen LogP contribution in [0.5, 0.6) is 0 Å². The van der Waals surface area contributed by atoms with Gasteiger partial charge in [0.25, 0.3) is 0 Å². The van der Waals surface area contributed by atoms with Gasteiger partial charge in [-0.2, -0.15) is 11.8 Å². The van der Waals surface area contributed by atoms with E-state index in [1.54, 1.807) is 18.7 Å². The highest BCUT2D eigenvalue weighted by Gasteiger charge is 2.11. The molecule has 4 heteroatoms. The number of carbonyl (C=O) groups is 1. The highest BCUT2D eigenvalue weighted by atomic mass is 32.2. The molecule has 3 N–H and O–H groups in total. The number of hydrogen-bond acceptors (Lipinski definition) is 4. The van der Waals surface area contributed by atoms with E-state index in [1.165, 1.54) is 0 Å². The number of Topliss-reactive ketones (excluding diaryl/α,β-unsaturated/α-hetero) is 1. The van der Waals surface area contributed by atoms with Crippen LogP contribution in [0, 0.1) is 5.92 Å². The van der Waals surface area contributed by atoms with Gasteiger partial charge in [-0.25, -0.2) is 0 Å². The molecule has 0 aromatic carbocycles. The third-order valence-electron chi connectivity index (χ3n) is 2.26. The molecule has 0 aliphatic rings. The molecule has 0 rings (SSSR count). The molecule has 14 heavy (non-hydrogen) atoms. The molecule has 0 saturated carbocycles. The lowest BCUT2D eigenvalue weighted by molar-refractivity contribution is -0.120. The number of ketones is 1. The van der Waals surface area contributed by atoms with E-state index in [0.717, 1.165) is 18.6 Å². The van der Waals surface area contributed by atoms with Gasteiger partial charge in [0, 0.05) is 18.2 Å². The van der Waals surface area contributed by atoms with Crippen molar-refractivity contribution in [3.8, 4) is 0 Å². The lowest BCUT2D eigenvalue weighted by Crippen LogP contribution is -2.22. The molecule has 0 fully saturated rings. The van der Waals surface area contributed by atoms with E-state index in [2.05, 4.69) is 0 Å². The van der Waals surface area contributed by atoms with Crippen LogP contribution in [0.1, 0.15) is 26.7 Å². The summed E-state index contributed by atoms with van der Waals surface area (Å²) in [5, 5.41) is 9.18. The van der Waals surface area contributed by atoms with Crippen molar-refractivity contribution in [2.24, 2.45) is 11.7 Å². The summed E-state index contributed by atoms with van der Waals surface area (Å²) in [5.74, 6) is 2.06. The van der Waals surface area contributed by atoms with Crippen LogP contribution in [0.2, 0.25) is 0 Å². The summed E-state index contributed by atoms with van der Waals surface area (Å²) < 4.78 is 0. The van der Waals surface area contributed by atoms with Crippen LogP contribution in [0.15, 0.2) is 0 Å². The first-order chi connectivity index (χ1) is 6.61. The zero-order chi connectivity index (χ0) is 11.0. The molecule has 84 valence electrons. The van der Waals surface area contributed by atoms with Gasteiger partial charge in [-0.1, -0.05) is 6.92 Å². The number of aliphatic hydroxyl groups is 1. The van der Waals surface area contributed by atoms with E-state index in [1.807, 2.05) is 6.92 Å². The lowest BCUT2D eigenvalue weighted by Gasteiger charge is -2.11. The first kappa shape index (κ1) is 13.9. The van der Waals surface area contributed by atoms with Crippen LogP contribution in [0.25, 0.3) is 0 Å². The number of carbonyl (C=O) groups excluding carboxylic acids is 1. The molecule has 0 aromatic heterocycles. The first-order valence-electron chi connectivity index (χ1n) is 5.08. The number of thioether (sulfide) groups is 1. The fourth-order valence-electron chi connectivity index (χ4n) is 1.21. The molecule has 0 bridgehead atoms. The average molecular weight is 219 g/mol. The number of rotatable bonds is 8. The Morgan fingerprint density at radius 3 is 2.64 bits per heavy atom. The zero-order valence-electron chi connectivity index (χ0n) is 9.03. The minimum Gasteiger partial charge on any atom is -0.391 e. The average Bonchev–Trinajstić information content (AvgIpc) is 2.16. The van der Waals surface area contributed by atoms with Crippen LogP contribution in [-0.4, -0.2) is 35.0 Å². The molecule has 3 nitrogen and oxygen atoms in total. The van der Waals surface area contributed by atoms with Gasteiger partial charge >= 0.3 is 0 Å². The van der Waals surface area contributed by atoms with E-state index in [-0.39, 0.29) is 11.7 Å². The molecule has 0 aromatic rings. The Morgan fingerprint density at radius 2 is 2.21 bits per heavy atom. The Morgan fingerprint density at radius 1 is 1.57 bits per heavy atom. The monoisotopic (exact) mass is 219 g/mol. The van der Waals surface area contributed by atoms with Crippen LogP contribution in [-0.2, 0) is 4.79 Å². The first-order valence-corrected chi connectivity index (χ1v) is 6.23. The van der Waals surface area contributed by atoms with Crippen LogP contribution in [0.3, 0.4) is 0 Å². The minimum absolute atomic E-state index is 0.192. The molecule has 0 aliphatic carbocycles. The third-order valence-corrected chi connectivity index (χ3v) is 3.41. The van der Waals surface area contributed by atoms with Crippen LogP contribution < -0.4 is 5.73 Å². The quantitative estimate of drug-likeness (QED) is 0.599. The predicted octanol–water partition coefficient (Wildman–Crippen LogP) is 1.04. The van der Waals surface area contributed by atoms with E-state index in [9.17, 15) is 9.90 Å². The summed E-state index contributed by atoms with van der Waals surface area (Å²) in [5.41, 5.74) is 5.27. The fourth-order valence-corrected chi connectivity index (χ4v) is 2.23. The standard InChI is InChI=1S/C10H21NO2S/c1-3-9(8(2)12)4-5-14-7-10(13)6-11/h9-10,13H,3-7,11H2,1-2H3/t9-,10?/m0/s1. The molecular formula is C10H21NO2S. The maximum Gasteiger partial charge on any atom is 0.132 e. The van der Waals surface area contributed by atoms with Crippen LogP contribution >= 0.6 is 11.8 Å². The summed E-state index contributed by atoms with van der Waals surface area (Å²) >= 11 is 1.66. The summed E-state index contributed by atoms with van der Waals surface area (Å²) in [6.07, 6.45) is 1.42. The lowest BCUT2D eigenvalue weighted by atomic mass is 10.00. The number of hydrogen-bond donors (Lipinski definition) is 2. The molecule has 0 amide bonds. The molecule has 0 saturated heterocycles. The summed E-state index contributed by atoms with van der Waals surface area (Å²) in [6.45, 7) is 4.00. The molecule has 2 atom stereocenters. The van der Waals surface area contributed by atoms with E-state index < -0.39 is 6.10 Å². The van der Waals surface area contributed by atoms with Crippen molar-refractivity contribution >= 4 is 17.5 Å². The SMILES string of the molecule is CC[C@@H](CCSCC(O)CN)C(C)=O. The van der Waals surface area contributed by atoms with Gasteiger partial charge in [-0.3, -0.25) is 4.79 Å². The maximum absolute atomic E-state index is 11.1. The highest BCUT2D eigenvalue weighted by Crippen LogP contribution is 2.14.